The number of hydrogen-bond donors (Lipinski definition) is 1. The zero-order valence-electron chi connectivity index (χ0n) is 16.5. The summed E-state index contributed by atoms with van der Waals surface area (Å²) < 4.78 is 2.02. The van der Waals surface area contributed by atoms with Crippen molar-refractivity contribution in [3.8, 4) is 0 Å². The molecule has 0 aliphatic heterocycles. The third-order valence-corrected chi connectivity index (χ3v) is 5.87. The van der Waals surface area contributed by atoms with Gasteiger partial charge in [0.15, 0.2) is 0 Å². The van der Waals surface area contributed by atoms with Crippen molar-refractivity contribution < 1.29 is 4.79 Å². The topological polar surface area (TPSA) is 46.9 Å². The number of carbonyl (C=O) groups is 1. The Bertz CT molecular complexity index is 1190. The summed E-state index contributed by atoms with van der Waals surface area (Å²) in [5.74, 6) is -0.105. The van der Waals surface area contributed by atoms with Crippen LogP contribution in [0.25, 0.3) is 11.0 Å². The Balaban J connectivity index is 1.54. The predicted octanol–water partition coefficient (Wildman–Crippen LogP) is 6.27. The van der Waals surface area contributed by atoms with Crippen molar-refractivity contribution in [1.82, 2.24) is 14.9 Å². The van der Waals surface area contributed by atoms with Gasteiger partial charge in [-0.25, -0.2) is 4.98 Å². The highest BCUT2D eigenvalue weighted by molar-refractivity contribution is 6.42. The molecule has 1 amide bonds. The van der Waals surface area contributed by atoms with Crippen molar-refractivity contribution in [3.05, 3.63) is 99.8 Å². The van der Waals surface area contributed by atoms with Crippen LogP contribution in [-0.4, -0.2) is 15.5 Å². The summed E-state index contributed by atoms with van der Waals surface area (Å²) in [5.41, 5.74) is 4.44. The van der Waals surface area contributed by atoms with E-state index in [4.69, 9.17) is 23.2 Å². The van der Waals surface area contributed by atoms with Crippen molar-refractivity contribution >= 4 is 40.1 Å². The minimum atomic E-state index is -0.105. The fourth-order valence-electron chi connectivity index (χ4n) is 3.51. The smallest absolute Gasteiger partial charge is 0.251 e. The number of fused-ring (bicyclic) bond motifs is 1. The molecule has 6 heteroatoms. The highest BCUT2D eigenvalue weighted by atomic mass is 35.5. The minimum Gasteiger partial charge on any atom is -0.345 e. The maximum absolute atomic E-state index is 12.8. The van der Waals surface area contributed by atoms with Gasteiger partial charge in [-0.1, -0.05) is 66.5 Å². The largest absolute Gasteiger partial charge is 0.345 e. The van der Waals surface area contributed by atoms with E-state index in [0.29, 0.717) is 22.2 Å². The first-order chi connectivity index (χ1) is 14.5. The fourth-order valence-corrected chi connectivity index (χ4v) is 3.83. The van der Waals surface area contributed by atoms with Gasteiger partial charge in [0.1, 0.15) is 0 Å². The van der Waals surface area contributed by atoms with E-state index in [2.05, 4.69) is 17.2 Å². The van der Waals surface area contributed by atoms with Crippen molar-refractivity contribution in [2.45, 2.75) is 25.9 Å². The van der Waals surface area contributed by atoms with Crippen LogP contribution in [0, 0.1) is 0 Å². The maximum Gasteiger partial charge on any atom is 0.251 e. The SMILES string of the molecule is CC[C@@H](NC(=O)c1ccc2c(c1)ncn2Cc1ccc(Cl)c(Cl)c1)c1ccccc1. The van der Waals surface area contributed by atoms with Gasteiger partial charge in [0.25, 0.3) is 5.91 Å². The van der Waals surface area contributed by atoms with E-state index >= 15 is 0 Å². The average Bonchev–Trinajstić information content (AvgIpc) is 3.17. The van der Waals surface area contributed by atoms with Crippen LogP contribution in [0.5, 0.6) is 0 Å². The monoisotopic (exact) mass is 437 g/mol. The van der Waals surface area contributed by atoms with E-state index in [9.17, 15) is 4.79 Å². The van der Waals surface area contributed by atoms with Gasteiger partial charge < -0.3 is 9.88 Å². The lowest BCUT2D eigenvalue weighted by atomic mass is 10.0. The second kappa shape index (κ2) is 8.90. The molecule has 0 aliphatic rings. The van der Waals surface area contributed by atoms with E-state index in [1.165, 1.54) is 0 Å². The van der Waals surface area contributed by atoms with Gasteiger partial charge in [0, 0.05) is 12.1 Å². The van der Waals surface area contributed by atoms with E-state index in [-0.39, 0.29) is 11.9 Å². The van der Waals surface area contributed by atoms with Crippen LogP contribution in [0.15, 0.2) is 73.1 Å². The first-order valence-corrected chi connectivity index (χ1v) is 10.6. The Morgan fingerprint density at radius 3 is 2.57 bits per heavy atom. The second-order valence-electron chi connectivity index (χ2n) is 7.17. The molecule has 0 spiro atoms. The number of hydrogen-bond acceptors (Lipinski definition) is 2. The molecule has 4 rings (SSSR count). The van der Waals surface area contributed by atoms with Crippen LogP contribution in [-0.2, 0) is 6.54 Å². The van der Waals surface area contributed by atoms with Crippen molar-refractivity contribution in [3.63, 3.8) is 0 Å². The molecule has 1 atom stereocenters. The molecule has 4 aromatic rings. The van der Waals surface area contributed by atoms with Crippen molar-refractivity contribution in [1.29, 1.82) is 0 Å². The Morgan fingerprint density at radius 1 is 1.03 bits per heavy atom. The van der Waals surface area contributed by atoms with E-state index < -0.39 is 0 Å². The van der Waals surface area contributed by atoms with Gasteiger partial charge in [0.2, 0.25) is 0 Å². The Hall–Kier alpha value is -2.82. The molecule has 0 unspecified atom stereocenters. The molecule has 1 heterocycles. The van der Waals surface area contributed by atoms with Crippen LogP contribution in [0.1, 0.15) is 40.9 Å². The number of halogens is 2. The number of benzene rings is 3. The third kappa shape index (κ3) is 4.35. The lowest BCUT2D eigenvalue weighted by Gasteiger charge is -2.17. The fraction of sp³-hybridized carbons (Fsp3) is 0.167. The van der Waals surface area contributed by atoms with Gasteiger partial charge in [-0.15, -0.1) is 0 Å². The molecule has 0 bridgehead atoms. The van der Waals surface area contributed by atoms with Crippen LogP contribution in [0.4, 0.5) is 0 Å². The quantitative estimate of drug-likeness (QED) is 0.386. The summed E-state index contributed by atoms with van der Waals surface area (Å²) in [6.45, 7) is 2.68. The number of carbonyl (C=O) groups excluding carboxylic acids is 1. The average molecular weight is 438 g/mol. The molecule has 0 saturated heterocycles. The number of aromatic nitrogens is 2. The first-order valence-electron chi connectivity index (χ1n) is 9.79. The van der Waals surface area contributed by atoms with Crippen LogP contribution < -0.4 is 5.32 Å². The maximum atomic E-state index is 12.8. The molecule has 3 aromatic carbocycles. The molecule has 0 saturated carbocycles. The van der Waals surface area contributed by atoms with Gasteiger partial charge >= 0.3 is 0 Å². The highest BCUT2D eigenvalue weighted by Crippen LogP contribution is 2.24. The molecular formula is C24H21Cl2N3O. The van der Waals surface area contributed by atoms with Crippen LogP contribution in [0.3, 0.4) is 0 Å². The van der Waals surface area contributed by atoms with Gasteiger partial charge in [0.05, 0.1) is 33.4 Å². The zero-order chi connectivity index (χ0) is 21.1. The highest BCUT2D eigenvalue weighted by Gasteiger charge is 2.15. The number of rotatable bonds is 6. The Labute approximate surface area is 185 Å². The van der Waals surface area contributed by atoms with E-state index in [1.807, 2.05) is 65.2 Å². The van der Waals surface area contributed by atoms with Crippen LogP contribution >= 0.6 is 23.2 Å². The number of amides is 1. The van der Waals surface area contributed by atoms with Crippen LogP contribution in [0.2, 0.25) is 10.0 Å². The first kappa shape index (κ1) is 20.5. The zero-order valence-corrected chi connectivity index (χ0v) is 18.0. The molecule has 152 valence electrons. The molecule has 0 fully saturated rings. The molecule has 0 radical (unpaired) electrons. The Kier molecular flexibility index (Phi) is 6.07. The Morgan fingerprint density at radius 2 is 1.83 bits per heavy atom. The third-order valence-electron chi connectivity index (χ3n) is 5.14. The van der Waals surface area contributed by atoms with Gasteiger partial charge in [-0.05, 0) is 47.9 Å². The van der Waals surface area contributed by atoms with E-state index in [0.717, 1.165) is 28.6 Å². The standard InChI is InChI=1S/C24H21Cl2N3O/c1-2-21(17-6-4-3-5-7-17)28-24(30)18-9-11-23-22(13-18)27-15-29(23)14-16-8-10-19(25)20(26)12-16/h3-13,15,21H,2,14H2,1H3,(H,28,30)/t21-/m1/s1. The second-order valence-corrected chi connectivity index (χ2v) is 7.98. The molecule has 1 N–H and O–H groups in total. The normalized spacial score (nSPS) is 12.1. The summed E-state index contributed by atoms with van der Waals surface area (Å²) in [4.78, 5) is 17.3. The summed E-state index contributed by atoms with van der Waals surface area (Å²) in [7, 11) is 0. The molecule has 0 aliphatic carbocycles. The molecule has 1 aromatic heterocycles. The predicted molar refractivity (Wildman–Crippen MR) is 122 cm³/mol. The summed E-state index contributed by atoms with van der Waals surface area (Å²) in [5, 5.41) is 4.19. The number of nitrogens with one attached hydrogen (secondary N) is 1. The van der Waals surface area contributed by atoms with Gasteiger partial charge in [-0.3, -0.25) is 4.79 Å². The molecular weight excluding hydrogens is 417 g/mol. The summed E-state index contributed by atoms with van der Waals surface area (Å²) in [6, 6.07) is 21.1. The minimum absolute atomic E-state index is 0.0263. The lowest BCUT2D eigenvalue weighted by molar-refractivity contribution is 0.0935. The number of nitrogens with zero attached hydrogens (tertiary/aromatic N) is 2. The summed E-state index contributed by atoms with van der Waals surface area (Å²) >= 11 is 12.1. The molecule has 4 nitrogen and oxygen atoms in total. The van der Waals surface area contributed by atoms with Crippen molar-refractivity contribution in [2.24, 2.45) is 0 Å². The summed E-state index contributed by atoms with van der Waals surface area (Å²) in [6.07, 6.45) is 2.59. The van der Waals surface area contributed by atoms with E-state index in [1.54, 1.807) is 12.4 Å². The molecule has 30 heavy (non-hydrogen) atoms. The van der Waals surface area contributed by atoms with Crippen molar-refractivity contribution in [2.75, 3.05) is 0 Å². The lowest BCUT2D eigenvalue weighted by Crippen LogP contribution is -2.28. The van der Waals surface area contributed by atoms with Gasteiger partial charge in [-0.2, -0.15) is 0 Å². The number of imidazole rings is 1.